The molecular formula is C8H17ClN2O7P2. The Morgan fingerprint density at radius 2 is 1.80 bits per heavy atom. The van der Waals surface area contributed by atoms with Crippen molar-refractivity contribution in [3.05, 3.63) is 11.8 Å². The molecule has 1 unspecified atom stereocenters. The lowest BCUT2D eigenvalue weighted by Gasteiger charge is -2.24. The molecule has 0 saturated carbocycles. The van der Waals surface area contributed by atoms with Gasteiger partial charge in [-0.25, -0.2) is 4.99 Å². The molecule has 0 radical (unpaired) electrons. The predicted octanol–water partition coefficient (Wildman–Crippen LogP) is -0.302. The summed E-state index contributed by atoms with van der Waals surface area (Å²) in [5, 5.41) is 7.54. The topological polar surface area (TPSA) is 151 Å². The third-order valence-corrected chi connectivity index (χ3v) is 6.32. The molecule has 0 aromatic carbocycles. The van der Waals surface area contributed by atoms with E-state index in [1.807, 2.05) is 0 Å². The zero-order chi connectivity index (χ0) is 14.8. The predicted molar refractivity (Wildman–Crippen MR) is 75.0 cm³/mol. The van der Waals surface area contributed by atoms with Gasteiger partial charge in [0.15, 0.2) is 5.40 Å². The summed E-state index contributed by atoms with van der Waals surface area (Å²) in [5.74, 6) is 0. The number of likely N-dealkylation sites (N-methyl/N-ethyl adjacent to an activating group) is 1. The van der Waals surface area contributed by atoms with Gasteiger partial charge in [-0.1, -0.05) is 0 Å². The maximum Gasteiger partial charge on any atom is 0.340 e. The summed E-state index contributed by atoms with van der Waals surface area (Å²) in [5.41, 5.74) is 0.130. The molecule has 0 aromatic rings. The smallest absolute Gasteiger partial charge is 0.340 e. The number of halogens is 1. The van der Waals surface area contributed by atoms with Gasteiger partial charge >= 0.3 is 15.2 Å². The van der Waals surface area contributed by atoms with E-state index in [0.29, 0.717) is 6.54 Å². The fourth-order valence-electron chi connectivity index (χ4n) is 1.52. The Hall–Kier alpha value is -0.240. The van der Waals surface area contributed by atoms with Crippen LogP contribution in [0.2, 0.25) is 0 Å². The molecule has 0 spiro atoms. The SMILES string of the molecule is CN1C=NC(C(O)CC(P(=O)(O)O)P(=O)(O)O)=CC1.Cl. The van der Waals surface area contributed by atoms with E-state index >= 15 is 0 Å². The highest BCUT2D eigenvalue weighted by atomic mass is 35.5. The zero-order valence-electron chi connectivity index (χ0n) is 10.5. The van der Waals surface area contributed by atoms with Crippen LogP contribution in [-0.2, 0) is 9.13 Å². The fraction of sp³-hybridized carbons (Fsp3) is 0.625. The molecule has 0 aromatic heterocycles. The first-order valence-electron chi connectivity index (χ1n) is 5.25. The van der Waals surface area contributed by atoms with Gasteiger partial charge in [-0.15, -0.1) is 12.4 Å². The minimum Gasteiger partial charge on any atom is -0.387 e. The first-order valence-corrected chi connectivity index (χ1v) is 8.61. The molecule has 0 saturated heterocycles. The lowest BCUT2D eigenvalue weighted by atomic mass is 10.2. The quantitative estimate of drug-likeness (QED) is 0.424. The molecule has 9 nitrogen and oxygen atoms in total. The van der Waals surface area contributed by atoms with Crippen LogP contribution in [0.5, 0.6) is 0 Å². The van der Waals surface area contributed by atoms with Crippen molar-refractivity contribution in [2.75, 3.05) is 13.6 Å². The number of aliphatic imine (C=N–C) groups is 1. The summed E-state index contributed by atoms with van der Waals surface area (Å²) in [7, 11) is -8.32. The molecule has 1 atom stereocenters. The molecule has 1 aliphatic rings. The van der Waals surface area contributed by atoms with Gasteiger partial charge in [0.25, 0.3) is 0 Å². The van der Waals surface area contributed by atoms with Gasteiger partial charge in [-0.05, 0) is 6.08 Å². The average molecular weight is 351 g/mol. The summed E-state index contributed by atoms with van der Waals surface area (Å²) >= 11 is 0. The number of nitrogens with zero attached hydrogens (tertiary/aromatic N) is 2. The molecule has 0 amide bonds. The van der Waals surface area contributed by atoms with Crippen LogP contribution in [0.4, 0.5) is 0 Å². The van der Waals surface area contributed by atoms with Crippen LogP contribution in [0.3, 0.4) is 0 Å². The van der Waals surface area contributed by atoms with Gasteiger partial charge in [0.05, 0.1) is 18.1 Å². The van der Waals surface area contributed by atoms with Crippen LogP contribution in [0.1, 0.15) is 6.42 Å². The molecule has 0 fully saturated rings. The number of hydrogen-bond donors (Lipinski definition) is 5. The van der Waals surface area contributed by atoms with E-state index in [9.17, 15) is 14.2 Å². The molecule has 1 heterocycles. The summed E-state index contributed by atoms with van der Waals surface area (Å²) in [6.07, 6.45) is 0.709. The van der Waals surface area contributed by atoms with Gasteiger partial charge in [-0.3, -0.25) is 9.13 Å². The van der Waals surface area contributed by atoms with Crippen LogP contribution in [0, 0.1) is 0 Å². The van der Waals surface area contributed by atoms with Crippen LogP contribution < -0.4 is 0 Å². The monoisotopic (exact) mass is 350 g/mol. The summed E-state index contributed by atoms with van der Waals surface area (Å²) < 4.78 is 22.1. The van der Waals surface area contributed by atoms with Gasteiger partial charge in [-0.2, -0.15) is 0 Å². The number of aliphatic hydroxyl groups excluding tert-OH is 1. The van der Waals surface area contributed by atoms with Crippen molar-refractivity contribution in [3.63, 3.8) is 0 Å². The van der Waals surface area contributed by atoms with E-state index in [1.54, 1.807) is 11.9 Å². The minimum absolute atomic E-state index is 0. The maximum atomic E-state index is 11.1. The lowest BCUT2D eigenvalue weighted by molar-refractivity contribution is 0.193. The molecular weight excluding hydrogens is 333 g/mol. The van der Waals surface area contributed by atoms with Crippen molar-refractivity contribution < 1.29 is 33.8 Å². The van der Waals surface area contributed by atoms with Crippen molar-refractivity contribution in [3.8, 4) is 0 Å². The van der Waals surface area contributed by atoms with Gasteiger partial charge < -0.3 is 29.6 Å². The molecule has 0 aliphatic carbocycles. The average Bonchev–Trinajstić information content (AvgIpc) is 2.23. The van der Waals surface area contributed by atoms with Crippen LogP contribution in [0.15, 0.2) is 16.8 Å². The summed E-state index contributed by atoms with van der Waals surface area (Å²) in [4.78, 5) is 41.3. The zero-order valence-corrected chi connectivity index (χ0v) is 13.1. The summed E-state index contributed by atoms with van der Waals surface area (Å²) in [6.45, 7) is 0.437. The van der Waals surface area contributed by atoms with E-state index in [-0.39, 0.29) is 18.1 Å². The fourth-order valence-corrected chi connectivity index (χ4v) is 4.03. The molecule has 118 valence electrons. The number of aliphatic hydroxyl groups is 1. The number of rotatable bonds is 5. The van der Waals surface area contributed by atoms with Crippen LogP contribution in [-0.4, -0.2) is 61.0 Å². The Balaban J connectivity index is 0.00000361. The highest BCUT2D eigenvalue weighted by molar-refractivity contribution is 7.70. The first-order chi connectivity index (χ1) is 8.51. The van der Waals surface area contributed by atoms with Gasteiger partial charge in [0.2, 0.25) is 0 Å². The Kier molecular flexibility index (Phi) is 7.07. The Bertz CT molecular complexity index is 463. The van der Waals surface area contributed by atoms with Crippen LogP contribution in [0.25, 0.3) is 0 Å². The standard InChI is InChI=1S/C8H16N2O7P2.ClH/c1-10-3-2-6(9-5-10)7(11)4-8(18(12,13)14)19(15,16)17;/h2,5,7-8,11H,3-4H2,1H3,(H2,12,13,14)(H2,15,16,17);1H. The second-order valence-corrected chi connectivity index (χ2v) is 8.23. The normalized spacial score (nSPS) is 17.8. The highest BCUT2D eigenvalue weighted by Gasteiger charge is 2.44. The largest absolute Gasteiger partial charge is 0.387 e. The Morgan fingerprint density at radius 1 is 1.30 bits per heavy atom. The summed E-state index contributed by atoms with van der Waals surface area (Å²) in [6, 6.07) is 0. The second kappa shape index (κ2) is 7.15. The Labute approximate surface area is 121 Å². The minimum atomic E-state index is -5.03. The molecule has 20 heavy (non-hydrogen) atoms. The van der Waals surface area contributed by atoms with E-state index in [4.69, 9.17) is 19.6 Å². The molecule has 0 bridgehead atoms. The van der Waals surface area contributed by atoms with E-state index < -0.39 is 33.1 Å². The third-order valence-electron chi connectivity index (χ3n) is 2.54. The molecule has 1 rings (SSSR count). The lowest BCUT2D eigenvalue weighted by Crippen LogP contribution is -2.25. The second-order valence-electron chi connectivity index (χ2n) is 4.22. The first kappa shape index (κ1) is 19.8. The molecule has 5 N–H and O–H groups in total. The van der Waals surface area contributed by atoms with E-state index in [2.05, 4.69) is 4.99 Å². The molecule has 1 aliphatic heterocycles. The highest BCUT2D eigenvalue weighted by Crippen LogP contribution is 2.61. The van der Waals surface area contributed by atoms with Crippen molar-refractivity contribution in [2.24, 2.45) is 4.99 Å². The van der Waals surface area contributed by atoms with Crippen LogP contribution >= 0.6 is 27.6 Å². The maximum absolute atomic E-state index is 11.1. The van der Waals surface area contributed by atoms with Crippen molar-refractivity contribution in [2.45, 2.75) is 17.9 Å². The van der Waals surface area contributed by atoms with Crippen molar-refractivity contribution in [1.29, 1.82) is 0 Å². The third kappa shape index (κ3) is 5.63. The Morgan fingerprint density at radius 3 is 2.15 bits per heavy atom. The van der Waals surface area contributed by atoms with Gasteiger partial charge in [0.1, 0.15) is 0 Å². The van der Waals surface area contributed by atoms with Gasteiger partial charge in [0, 0.05) is 20.0 Å². The van der Waals surface area contributed by atoms with Crippen molar-refractivity contribution in [1.82, 2.24) is 4.90 Å². The van der Waals surface area contributed by atoms with E-state index in [1.165, 1.54) is 12.4 Å². The molecule has 12 heteroatoms. The van der Waals surface area contributed by atoms with Crippen molar-refractivity contribution >= 4 is 33.9 Å². The van der Waals surface area contributed by atoms with E-state index in [0.717, 1.165) is 0 Å². The number of hydrogen-bond acceptors (Lipinski definition) is 5.